The molecule has 0 spiro atoms. The third kappa shape index (κ3) is 9.47. The summed E-state index contributed by atoms with van der Waals surface area (Å²) in [6, 6.07) is 0. The van der Waals surface area contributed by atoms with Gasteiger partial charge in [-0.05, 0) is 0 Å². The molecule has 0 heterocycles. The molecular weight excluding hydrogens is 272 g/mol. The second-order valence-electron chi connectivity index (χ2n) is 2.26. The van der Waals surface area contributed by atoms with E-state index in [1.165, 1.54) is 0 Å². The predicted molar refractivity (Wildman–Crippen MR) is 40.1 cm³/mol. The normalized spacial score (nSPS) is 11.5. The Balaban J connectivity index is -0.000000720. The fourth-order valence-corrected chi connectivity index (χ4v) is 2.95. The van der Waals surface area contributed by atoms with E-state index < -0.39 is 33.0 Å². The average molecular weight is 280 g/mol. The number of carboxylic acid groups (broad SMARTS) is 1. The van der Waals surface area contributed by atoms with E-state index in [1.807, 2.05) is 0 Å². The smallest absolute Gasteiger partial charge is 0.481 e. The average Bonchev–Trinajstić information content (AvgIpc) is 1.77. The molecule has 0 bridgehead atoms. The molecule has 0 radical (unpaired) electrons. The van der Waals surface area contributed by atoms with Crippen molar-refractivity contribution >= 4 is 21.2 Å². The zero-order valence-electron chi connectivity index (χ0n) is 8.14. The maximum absolute atomic E-state index is 10.5. The molecule has 0 aliphatic heterocycles. The van der Waals surface area contributed by atoms with Gasteiger partial charge in [0.1, 0.15) is 0 Å². The van der Waals surface area contributed by atoms with Gasteiger partial charge in [0.15, 0.2) is 5.40 Å². The van der Waals surface area contributed by atoms with Crippen LogP contribution in [0.2, 0.25) is 0 Å². The molecule has 0 amide bonds. The minimum absolute atomic E-state index is 0. The van der Waals surface area contributed by atoms with Gasteiger partial charge >= 0.3 is 80.3 Å². The Morgan fingerprint density at radius 3 is 1.33 bits per heavy atom. The van der Waals surface area contributed by atoms with Crippen LogP contribution < -0.4 is 59.1 Å². The minimum Gasteiger partial charge on any atom is -0.481 e. The van der Waals surface area contributed by atoms with Crippen LogP contribution in [0.25, 0.3) is 0 Å². The fraction of sp³-hybridized carbons (Fsp3) is 0.667. The molecular formula is C3H8Na2O8P2+2. The van der Waals surface area contributed by atoms with Gasteiger partial charge in [-0.25, -0.2) is 0 Å². The van der Waals surface area contributed by atoms with Crippen molar-refractivity contribution in [3.63, 3.8) is 0 Å². The Morgan fingerprint density at radius 2 is 1.27 bits per heavy atom. The first-order chi connectivity index (χ1) is 5.55. The van der Waals surface area contributed by atoms with Gasteiger partial charge in [-0.1, -0.05) is 0 Å². The molecule has 5 N–H and O–H groups in total. The minimum atomic E-state index is -5.10. The summed E-state index contributed by atoms with van der Waals surface area (Å²) in [5.41, 5.74) is 0. The molecule has 0 rings (SSSR count). The first-order valence-corrected chi connectivity index (χ1v) is 6.23. The van der Waals surface area contributed by atoms with E-state index in [0.717, 1.165) is 0 Å². The quantitative estimate of drug-likeness (QED) is 0.251. The molecule has 12 heteroatoms. The third-order valence-electron chi connectivity index (χ3n) is 1.13. The van der Waals surface area contributed by atoms with Crippen molar-refractivity contribution < 1.29 is 97.7 Å². The zero-order chi connectivity index (χ0) is 10.9. The summed E-state index contributed by atoms with van der Waals surface area (Å²) in [5, 5.41) is 5.66. The SMILES string of the molecule is O=C(O)CC(P(=O)(O)O)P(=O)(O)O.[Na+].[Na+]. The summed E-state index contributed by atoms with van der Waals surface area (Å²) in [4.78, 5) is 43.7. The molecule has 0 aliphatic rings. The Labute approximate surface area is 129 Å². The second-order valence-corrected chi connectivity index (χ2v) is 6.27. The number of carboxylic acids is 1. The second kappa shape index (κ2) is 7.97. The van der Waals surface area contributed by atoms with Crippen molar-refractivity contribution in [2.75, 3.05) is 0 Å². The van der Waals surface area contributed by atoms with Crippen molar-refractivity contribution in [3.05, 3.63) is 0 Å². The third-order valence-corrected chi connectivity index (χ3v) is 4.86. The number of rotatable bonds is 4. The molecule has 0 aromatic rings. The van der Waals surface area contributed by atoms with Gasteiger partial charge in [0.05, 0.1) is 6.42 Å². The fourth-order valence-electron chi connectivity index (χ4n) is 0.590. The van der Waals surface area contributed by atoms with Crippen LogP contribution in [0.4, 0.5) is 0 Å². The molecule has 0 atom stereocenters. The van der Waals surface area contributed by atoms with Crippen LogP contribution in [0.5, 0.6) is 0 Å². The predicted octanol–water partition coefficient (Wildman–Crippen LogP) is -6.85. The number of hydrogen-bond acceptors (Lipinski definition) is 3. The van der Waals surface area contributed by atoms with Crippen LogP contribution in [0.15, 0.2) is 0 Å². The van der Waals surface area contributed by atoms with Crippen molar-refractivity contribution in [1.82, 2.24) is 0 Å². The van der Waals surface area contributed by atoms with Crippen molar-refractivity contribution in [2.45, 2.75) is 11.8 Å². The van der Waals surface area contributed by atoms with E-state index >= 15 is 0 Å². The Bertz CT molecular complexity index is 270. The van der Waals surface area contributed by atoms with Crippen molar-refractivity contribution in [3.8, 4) is 0 Å². The van der Waals surface area contributed by atoms with E-state index in [0.29, 0.717) is 0 Å². The molecule has 78 valence electrons. The standard InChI is InChI=1S/C3H8O8P2.2Na/c4-2(5)1-3(12(6,7)8)13(9,10)11;;/h3H,1H2,(H,4,5)(H2,6,7,8)(H2,9,10,11);;/q;2*+1. The first-order valence-electron chi connectivity index (χ1n) is 2.87. The molecule has 0 aromatic heterocycles. The number of hydrogen-bond donors (Lipinski definition) is 5. The van der Waals surface area contributed by atoms with Gasteiger partial charge in [0, 0.05) is 0 Å². The summed E-state index contributed by atoms with van der Waals surface area (Å²) in [7, 11) is -10.2. The summed E-state index contributed by atoms with van der Waals surface area (Å²) in [6.07, 6.45) is -1.27. The molecule has 0 fully saturated rings. The van der Waals surface area contributed by atoms with E-state index in [1.54, 1.807) is 0 Å². The van der Waals surface area contributed by atoms with Gasteiger partial charge in [-0.3, -0.25) is 13.9 Å². The van der Waals surface area contributed by atoms with E-state index in [2.05, 4.69) is 0 Å². The van der Waals surface area contributed by atoms with Crippen LogP contribution in [0, 0.1) is 0 Å². The summed E-state index contributed by atoms with van der Waals surface area (Å²) < 4.78 is 20.9. The van der Waals surface area contributed by atoms with Gasteiger partial charge < -0.3 is 24.7 Å². The Hall–Kier alpha value is 1.77. The molecule has 0 saturated carbocycles. The number of carbonyl (C=O) groups is 1. The van der Waals surface area contributed by atoms with Gasteiger partial charge in [0.2, 0.25) is 0 Å². The molecule has 15 heavy (non-hydrogen) atoms. The van der Waals surface area contributed by atoms with Crippen LogP contribution in [-0.2, 0) is 13.9 Å². The first kappa shape index (κ1) is 22.0. The largest absolute Gasteiger partial charge is 1.00 e. The van der Waals surface area contributed by atoms with Gasteiger partial charge in [-0.15, -0.1) is 0 Å². The van der Waals surface area contributed by atoms with Crippen molar-refractivity contribution in [2.24, 2.45) is 0 Å². The maximum atomic E-state index is 10.5. The van der Waals surface area contributed by atoms with Gasteiger partial charge in [-0.2, -0.15) is 0 Å². The monoisotopic (exact) mass is 280 g/mol. The molecule has 8 nitrogen and oxygen atoms in total. The van der Waals surface area contributed by atoms with E-state index in [-0.39, 0.29) is 59.1 Å². The maximum Gasteiger partial charge on any atom is 1.00 e. The van der Waals surface area contributed by atoms with Crippen LogP contribution in [-0.4, -0.2) is 36.0 Å². The summed E-state index contributed by atoms with van der Waals surface area (Å²) >= 11 is 0. The topological polar surface area (TPSA) is 152 Å². The van der Waals surface area contributed by atoms with E-state index in [9.17, 15) is 13.9 Å². The number of aliphatic carboxylic acids is 1. The van der Waals surface area contributed by atoms with Crippen LogP contribution >= 0.6 is 15.2 Å². The van der Waals surface area contributed by atoms with E-state index in [4.69, 9.17) is 24.7 Å². The van der Waals surface area contributed by atoms with Crippen LogP contribution in [0.3, 0.4) is 0 Å². The van der Waals surface area contributed by atoms with Crippen molar-refractivity contribution in [1.29, 1.82) is 0 Å². The molecule has 0 saturated heterocycles. The summed E-state index contributed by atoms with van der Waals surface area (Å²) in [5.74, 6) is -1.68. The molecule has 0 unspecified atom stereocenters. The summed E-state index contributed by atoms with van der Waals surface area (Å²) in [6.45, 7) is 0. The van der Waals surface area contributed by atoms with Gasteiger partial charge in [0.25, 0.3) is 0 Å². The zero-order valence-corrected chi connectivity index (χ0v) is 13.9. The molecule has 0 aromatic carbocycles. The Morgan fingerprint density at radius 1 is 1.00 bits per heavy atom. The van der Waals surface area contributed by atoms with Crippen LogP contribution in [0.1, 0.15) is 6.42 Å². The Kier molecular flexibility index (Phi) is 11.7. The molecule has 0 aliphatic carbocycles.